The molecule has 0 bridgehead atoms. The second-order valence-corrected chi connectivity index (χ2v) is 4.58. The molecule has 3 aromatic rings. The van der Waals surface area contributed by atoms with Crippen LogP contribution in [0.1, 0.15) is 17.3 Å². The fourth-order valence-corrected chi connectivity index (χ4v) is 2.47. The fourth-order valence-electron chi connectivity index (χ4n) is 2.47. The van der Waals surface area contributed by atoms with Crippen molar-refractivity contribution in [1.82, 2.24) is 9.55 Å². The molecule has 20 heavy (non-hydrogen) atoms. The van der Waals surface area contributed by atoms with Gasteiger partial charge in [-0.05, 0) is 19.1 Å². The Bertz CT molecular complexity index is 775. The molecular formula is C16H15N3O. The number of amides is 1. The Hall–Kier alpha value is -2.62. The van der Waals surface area contributed by atoms with Crippen molar-refractivity contribution in [2.75, 3.05) is 0 Å². The number of hydrogen-bond acceptors (Lipinski definition) is 2. The van der Waals surface area contributed by atoms with Gasteiger partial charge in [-0.3, -0.25) is 4.79 Å². The van der Waals surface area contributed by atoms with Crippen molar-refractivity contribution in [3.63, 3.8) is 0 Å². The predicted molar refractivity (Wildman–Crippen MR) is 79.4 cm³/mol. The first-order valence-electron chi connectivity index (χ1n) is 6.57. The summed E-state index contributed by atoms with van der Waals surface area (Å²) in [6.45, 7) is 2.84. The first-order valence-corrected chi connectivity index (χ1v) is 6.57. The topological polar surface area (TPSA) is 60.9 Å². The van der Waals surface area contributed by atoms with Gasteiger partial charge in [-0.2, -0.15) is 0 Å². The highest BCUT2D eigenvalue weighted by Crippen LogP contribution is 2.26. The van der Waals surface area contributed by atoms with Gasteiger partial charge in [0.1, 0.15) is 11.3 Å². The monoisotopic (exact) mass is 265 g/mol. The van der Waals surface area contributed by atoms with Crippen molar-refractivity contribution in [1.29, 1.82) is 0 Å². The molecule has 0 fully saturated rings. The standard InChI is InChI=1S/C16H15N3O/c1-2-19-13-10-6-9-12(15(17)20)14(13)18-16(19)11-7-4-3-5-8-11/h3-10H,2H2,1H3,(H2,17,20). The van der Waals surface area contributed by atoms with Crippen molar-refractivity contribution >= 4 is 16.9 Å². The van der Waals surface area contributed by atoms with Crippen LogP contribution >= 0.6 is 0 Å². The SMILES string of the molecule is CCn1c(-c2ccccc2)nc2c(C(N)=O)cccc21. The van der Waals surface area contributed by atoms with Crippen molar-refractivity contribution in [3.05, 3.63) is 54.1 Å². The van der Waals surface area contributed by atoms with Crippen molar-refractivity contribution in [3.8, 4) is 11.4 Å². The van der Waals surface area contributed by atoms with Crippen LogP contribution in [0.15, 0.2) is 48.5 Å². The molecule has 100 valence electrons. The summed E-state index contributed by atoms with van der Waals surface area (Å²) in [7, 11) is 0. The van der Waals surface area contributed by atoms with Gasteiger partial charge < -0.3 is 10.3 Å². The molecule has 1 aromatic heterocycles. The number of carbonyl (C=O) groups is 1. The average molecular weight is 265 g/mol. The predicted octanol–water partition coefficient (Wildman–Crippen LogP) is 2.82. The summed E-state index contributed by atoms with van der Waals surface area (Å²) in [5, 5.41) is 0. The number of carbonyl (C=O) groups excluding carboxylic acids is 1. The zero-order valence-corrected chi connectivity index (χ0v) is 11.2. The van der Waals surface area contributed by atoms with Crippen LogP contribution in [-0.4, -0.2) is 15.5 Å². The molecule has 0 aliphatic rings. The summed E-state index contributed by atoms with van der Waals surface area (Å²) in [6.07, 6.45) is 0. The number of fused-ring (bicyclic) bond motifs is 1. The smallest absolute Gasteiger partial charge is 0.250 e. The van der Waals surface area contributed by atoms with E-state index in [1.165, 1.54) is 0 Å². The number of hydrogen-bond donors (Lipinski definition) is 1. The van der Waals surface area contributed by atoms with E-state index in [0.29, 0.717) is 11.1 Å². The van der Waals surface area contributed by atoms with Crippen LogP contribution in [0.2, 0.25) is 0 Å². The van der Waals surface area contributed by atoms with E-state index < -0.39 is 5.91 Å². The number of nitrogens with zero attached hydrogens (tertiary/aromatic N) is 2. The Balaban J connectivity index is 2.34. The molecule has 1 heterocycles. The molecule has 0 atom stereocenters. The first kappa shape index (κ1) is 12.4. The van der Waals surface area contributed by atoms with Crippen LogP contribution in [0.4, 0.5) is 0 Å². The van der Waals surface area contributed by atoms with Gasteiger partial charge in [0, 0.05) is 12.1 Å². The quantitative estimate of drug-likeness (QED) is 0.791. The molecular weight excluding hydrogens is 250 g/mol. The lowest BCUT2D eigenvalue weighted by Crippen LogP contribution is -2.11. The van der Waals surface area contributed by atoms with E-state index in [1.54, 1.807) is 6.07 Å². The summed E-state index contributed by atoms with van der Waals surface area (Å²) < 4.78 is 2.09. The van der Waals surface area contributed by atoms with Gasteiger partial charge in [0.2, 0.25) is 0 Å². The van der Waals surface area contributed by atoms with Crippen LogP contribution in [0.3, 0.4) is 0 Å². The molecule has 4 nitrogen and oxygen atoms in total. The average Bonchev–Trinajstić information content (AvgIpc) is 2.86. The number of rotatable bonds is 3. The first-order chi connectivity index (χ1) is 9.72. The van der Waals surface area contributed by atoms with Gasteiger partial charge >= 0.3 is 0 Å². The Labute approximate surface area is 116 Å². The van der Waals surface area contributed by atoms with Crippen LogP contribution < -0.4 is 5.73 Å². The van der Waals surface area contributed by atoms with Gasteiger partial charge in [-0.1, -0.05) is 36.4 Å². The van der Waals surface area contributed by atoms with Crippen LogP contribution in [0.25, 0.3) is 22.4 Å². The van der Waals surface area contributed by atoms with E-state index in [4.69, 9.17) is 5.73 Å². The molecule has 0 unspecified atom stereocenters. The maximum atomic E-state index is 11.5. The van der Waals surface area contributed by atoms with Gasteiger partial charge in [0.05, 0.1) is 11.1 Å². The largest absolute Gasteiger partial charge is 0.366 e. The van der Waals surface area contributed by atoms with E-state index in [1.807, 2.05) is 42.5 Å². The van der Waals surface area contributed by atoms with E-state index in [2.05, 4.69) is 16.5 Å². The number of benzene rings is 2. The third-order valence-electron chi connectivity index (χ3n) is 3.39. The number of imidazole rings is 1. The molecule has 0 aliphatic carbocycles. The van der Waals surface area contributed by atoms with Gasteiger partial charge in [0.15, 0.2) is 0 Å². The number of aromatic nitrogens is 2. The minimum atomic E-state index is -0.448. The molecule has 1 amide bonds. The highest BCUT2D eigenvalue weighted by Gasteiger charge is 2.15. The molecule has 0 radical (unpaired) electrons. The Kier molecular flexibility index (Phi) is 2.99. The zero-order chi connectivity index (χ0) is 14.1. The van der Waals surface area contributed by atoms with Crippen molar-refractivity contribution < 1.29 is 4.79 Å². The summed E-state index contributed by atoms with van der Waals surface area (Å²) in [4.78, 5) is 16.2. The lowest BCUT2D eigenvalue weighted by molar-refractivity contribution is 0.100. The molecule has 0 spiro atoms. The minimum Gasteiger partial charge on any atom is -0.366 e. The zero-order valence-electron chi connectivity index (χ0n) is 11.2. The van der Waals surface area contributed by atoms with E-state index in [0.717, 1.165) is 23.4 Å². The fraction of sp³-hybridized carbons (Fsp3) is 0.125. The second kappa shape index (κ2) is 4.81. The van der Waals surface area contributed by atoms with Crippen molar-refractivity contribution in [2.45, 2.75) is 13.5 Å². The molecule has 0 aliphatic heterocycles. The van der Waals surface area contributed by atoms with Crippen molar-refractivity contribution in [2.24, 2.45) is 5.73 Å². The Morgan fingerprint density at radius 2 is 1.90 bits per heavy atom. The molecule has 4 heteroatoms. The molecule has 3 rings (SSSR count). The summed E-state index contributed by atoms with van der Waals surface area (Å²) in [5.74, 6) is 0.410. The maximum Gasteiger partial charge on any atom is 0.250 e. The van der Waals surface area contributed by atoms with Gasteiger partial charge in [-0.25, -0.2) is 4.98 Å². The van der Waals surface area contributed by atoms with Gasteiger partial charge in [-0.15, -0.1) is 0 Å². The summed E-state index contributed by atoms with van der Waals surface area (Å²) in [6, 6.07) is 15.5. The summed E-state index contributed by atoms with van der Waals surface area (Å²) in [5.41, 5.74) is 8.52. The number of nitrogens with two attached hydrogens (primary N) is 1. The number of aryl methyl sites for hydroxylation is 1. The van der Waals surface area contributed by atoms with E-state index in [-0.39, 0.29) is 0 Å². The molecule has 0 saturated heterocycles. The number of para-hydroxylation sites is 1. The molecule has 2 N–H and O–H groups in total. The van der Waals surface area contributed by atoms with Crippen LogP contribution in [0, 0.1) is 0 Å². The lowest BCUT2D eigenvalue weighted by atomic mass is 10.2. The normalized spacial score (nSPS) is 10.8. The van der Waals surface area contributed by atoms with E-state index in [9.17, 15) is 4.79 Å². The maximum absolute atomic E-state index is 11.5. The molecule has 0 saturated carbocycles. The highest BCUT2D eigenvalue weighted by atomic mass is 16.1. The van der Waals surface area contributed by atoms with Crippen LogP contribution in [0.5, 0.6) is 0 Å². The third-order valence-corrected chi connectivity index (χ3v) is 3.39. The minimum absolute atomic E-state index is 0.448. The highest BCUT2D eigenvalue weighted by molar-refractivity contribution is 6.04. The van der Waals surface area contributed by atoms with Crippen LogP contribution in [-0.2, 0) is 6.54 Å². The molecule has 2 aromatic carbocycles. The summed E-state index contributed by atoms with van der Waals surface area (Å²) >= 11 is 0. The third kappa shape index (κ3) is 1.86. The number of primary amides is 1. The lowest BCUT2D eigenvalue weighted by Gasteiger charge is -2.05. The second-order valence-electron chi connectivity index (χ2n) is 4.58. The van der Waals surface area contributed by atoms with E-state index >= 15 is 0 Å². The Morgan fingerprint density at radius 1 is 1.15 bits per heavy atom. The van der Waals surface area contributed by atoms with Gasteiger partial charge in [0.25, 0.3) is 5.91 Å². The Morgan fingerprint density at radius 3 is 2.55 bits per heavy atom.